The van der Waals surface area contributed by atoms with E-state index in [-0.39, 0.29) is 12.5 Å². The highest BCUT2D eigenvalue weighted by Crippen LogP contribution is 2.19. The monoisotopic (exact) mass is 407 g/mol. The van der Waals surface area contributed by atoms with Crippen LogP contribution in [-0.2, 0) is 20.0 Å². The second-order valence-corrected chi connectivity index (χ2v) is 7.46. The Balaban J connectivity index is 1.27. The van der Waals surface area contributed by atoms with Crippen LogP contribution in [0, 0.1) is 0 Å². The van der Waals surface area contributed by atoms with Gasteiger partial charge in [-0.05, 0) is 23.6 Å². The van der Waals surface area contributed by atoms with Gasteiger partial charge >= 0.3 is 0 Å². The van der Waals surface area contributed by atoms with Crippen LogP contribution in [-0.4, -0.2) is 56.5 Å². The topological polar surface area (TPSA) is 92.5 Å². The summed E-state index contributed by atoms with van der Waals surface area (Å²) in [6, 6.07) is 11.7. The van der Waals surface area contributed by atoms with E-state index in [1.54, 1.807) is 36.3 Å². The van der Waals surface area contributed by atoms with Crippen LogP contribution >= 0.6 is 0 Å². The van der Waals surface area contributed by atoms with Crippen molar-refractivity contribution in [3.63, 3.8) is 0 Å². The number of rotatable bonds is 7. The van der Waals surface area contributed by atoms with E-state index in [9.17, 15) is 9.90 Å². The van der Waals surface area contributed by atoms with Gasteiger partial charge in [-0.3, -0.25) is 19.4 Å². The summed E-state index contributed by atoms with van der Waals surface area (Å²) in [7, 11) is 1.75. The van der Waals surface area contributed by atoms with E-state index in [0.717, 1.165) is 19.5 Å². The van der Waals surface area contributed by atoms with Gasteiger partial charge in [0.15, 0.2) is 5.69 Å². The third-order valence-electron chi connectivity index (χ3n) is 5.04. The molecule has 0 radical (unpaired) electrons. The molecule has 0 saturated heterocycles. The summed E-state index contributed by atoms with van der Waals surface area (Å²) in [5.41, 5.74) is 3.53. The number of hydrogen-bond donors (Lipinski definition) is 2. The molecule has 2 N–H and O–H groups in total. The van der Waals surface area contributed by atoms with E-state index in [1.165, 1.54) is 17.3 Å². The van der Waals surface area contributed by atoms with Gasteiger partial charge in [0, 0.05) is 38.9 Å². The Kier molecular flexibility index (Phi) is 6.06. The van der Waals surface area contributed by atoms with E-state index >= 15 is 0 Å². The molecule has 0 aliphatic carbocycles. The van der Waals surface area contributed by atoms with Crippen molar-refractivity contribution in [1.82, 2.24) is 19.7 Å². The van der Waals surface area contributed by atoms with Crippen molar-refractivity contribution >= 4 is 11.6 Å². The van der Waals surface area contributed by atoms with Crippen LogP contribution in [0.2, 0.25) is 0 Å². The lowest BCUT2D eigenvalue weighted by molar-refractivity contribution is 0.0637. The quantitative estimate of drug-likeness (QED) is 0.621. The van der Waals surface area contributed by atoms with Crippen LogP contribution in [0.4, 0.5) is 5.69 Å². The maximum absolute atomic E-state index is 12.2. The number of hydrogen-bond acceptors (Lipinski definition) is 6. The molecular weight excluding hydrogens is 382 g/mol. The molecule has 30 heavy (non-hydrogen) atoms. The molecule has 1 aliphatic heterocycles. The lowest BCUT2D eigenvalue weighted by Crippen LogP contribution is -2.38. The lowest BCUT2D eigenvalue weighted by atomic mass is 10.00. The number of nitrogens with one attached hydrogen (secondary N) is 1. The molecule has 1 amide bonds. The predicted octanol–water partition coefficient (Wildman–Crippen LogP) is 1.87. The smallest absolute Gasteiger partial charge is 0.276 e. The van der Waals surface area contributed by atoms with Crippen molar-refractivity contribution in [2.45, 2.75) is 19.1 Å². The molecule has 8 heteroatoms. The van der Waals surface area contributed by atoms with Gasteiger partial charge in [0.2, 0.25) is 0 Å². The molecule has 4 rings (SSSR count). The first-order valence-electron chi connectivity index (χ1n) is 9.93. The number of carbonyl (C=O) groups excluding carboxylic acids is 1. The first-order chi connectivity index (χ1) is 14.6. The van der Waals surface area contributed by atoms with Gasteiger partial charge < -0.3 is 15.2 Å². The maximum Gasteiger partial charge on any atom is 0.276 e. The number of carbonyl (C=O) groups is 1. The van der Waals surface area contributed by atoms with E-state index in [2.05, 4.69) is 44.6 Å². The van der Waals surface area contributed by atoms with Gasteiger partial charge in [0.25, 0.3) is 5.91 Å². The van der Waals surface area contributed by atoms with Gasteiger partial charge in [-0.25, -0.2) is 0 Å². The molecule has 1 aliphatic rings. The number of amides is 1. The van der Waals surface area contributed by atoms with Gasteiger partial charge in [0.05, 0.1) is 18.1 Å². The van der Waals surface area contributed by atoms with Crippen LogP contribution < -0.4 is 10.1 Å². The number of ether oxygens (including phenoxy) is 1. The van der Waals surface area contributed by atoms with Crippen LogP contribution in [0.15, 0.2) is 55.0 Å². The minimum atomic E-state index is -0.623. The van der Waals surface area contributed by atoms with Crippen LogP contribution in [0.3, 0.4) is 0 Å². The zero-order valence-corrected chi connectivity index (χ0v) is 16.9. The Morgan fingerprint density at radius 1 is 1.27 bits per heavy atom. The lowest BCUT2D eigenvalue weighted by Gasteiger charge is -2.30. The Morgan fingerprint density at radius 2 is 2.10 bits per heavy atom. The van der Waals surface area contributed by atoms with Gasteiger partial charge in [-0.2, -0.15) is 5.10 Å². The summed E-state index contributed by atoms with van der Waals surface area (Å²) in [5.74, 6) is 0.164. The fourth-order valence-electron chi connectivity index (χ4n) is 3.55. The summed E-state index contributed by atoms with van der Waals surface area (Å²) in [4.78, 5) is 18.5. The van der Waals surface area contributed by atoms with Gasteiger partial charge in [-0.15, -0.1) is 0 Å². The normalized spacial score (nSPS) is 14.7. The zero-order valence-electron chi connectivity index (χ0n) is 16.9. The summed E-state index contributed by atoms with van der Waals surface area (Å²) in [5, 5.41) is 17.2. The van der Waals surface area contributed by atoms with Crippen molar-refractivity contribution in [2.24, 2.45) is 7.05 Å². The second-order valence-electron chi connectivity index (χ2n) is 7.46. The first-order valence-corrected chi connectivity index (χ1v) is 9.93. The largest absolute Gasteiger partial charge is 0.489 e. The molecule has 3 aromatic rings. The highest BCUT2D eigenvalue weighted by molar-refractivity contribution is 6.02. The maximum atomic E-state index is 12.2. The molecule has 0 bridgehead atoms. The molecule has 0 fully saturated rings. The molecule has 1 aromatic carbocycles. The highest BCUT2D eigenvalue weighted by atomic mass is 16.5. The van der Waals surface area contributed by atoms with Crippen LogP contribution in [0.25, 0.3) is 0 Å². The zero-order chi connectivity index (χ0) is 20.9. The van der Waals surface area contributed by atoms with E-state index < -0.39 is 6.10 Å². The standard InChI is InChI=1S/C22H25N5O3/c1-26-8-7-21(25-26)22(29)24-18-10-20(12-23-11-18)30-15-19(28)14-27-9-6-16-4-2-3-5-17(16)13-27/h2-5,7-8,10-12,19,28H,6,9,13-15H2,1H3,(H,24,29). The number of aliphatic hydroxyl groups is 1. The average molecular weight is 407 g/mol. The van der Waals surface area contributed by atoms with Crippen LogP contribution in [0.5, 0.6) is 5.75 Å². The molecule has 3 heterocycles. The fraction of sp³-hybridized carbons (Fsp3) is 0.318. The minimum absolute atomic E-state index is 0.150. The number of aryl methyl sites for hydroxylation is 1. The van der Waals surface area contributed by atoms with Gasteiger partial charge in [-0.1, -0.05) is 24.3 Å². The third kappa shape index (κ3) is 5.03. The number of pyridine rings is 1. The third-order valence-corrected chi connectivity index (χ3v) is 5.04. The number of aromatic nitrogens is 3. The van der Waals surface area contributed by atoms with Crippen molar-refractivity contribution in [1.29, 1.82) is 0 Å². The molecule has 1 atom stereocenters. The first kappa shape index (κ1) is 20.1. The van der Waals surface area contributed by atoms with E-state index in [4.69, 9.17) is 4.74 Å². The van der Waals surface area contributed by atoms with Crippen LogP contribution in [0.1, 0.15) is 21.6 Å². The van der Waals surface area contributed by atoms with Crippen molar-refractivity contribution in [3.8, 4) is 5.75 Å². The Bertz CT molecular complexity index is 1020. The SMILES string of the molecule is Cn1ccc(C(=O)Nc2cncc(OCC(O)CN3CCc4ccccc4C3)c2)n1. The van der Waals surface area contributed by atoms with Crippen molar-refractivity contribution in [3.05, 3.63) is 71.8 Å². The number of anilines is 1. The predicted molar refractivity (Wildman–Crippen MR) is 112 cm³/mol. The number of nitrogens with zero attached hydrogens (tertiary/aromatic N) is 4. The van der Waals surface area contributed by atoms with Gasteiger partial charge in [0.1, 0.15) is 18.5 Å². The summed E-state index contributed by atoms with van der Waals surface area (Å²) < 4.78 is 7.27. The Labute approximate surface area is 175 Å². The van der Waals surface area contributed by atoms with E-state index in [0.29, 0.717) is 23.7 Å². The number of fused-ring (bicyclic) bond motifs is 1. The van der Waals surface area contributed by atoms with E-state index in [1.807, 2.05) is 0 Å². The molecule has 1 unspecified atom stereocenters. The molecule has 0 saturated carbocycles. The molecule has 156 valence electrons. The number of β-amino-alcohol motifs (C(OH)–C–C–N with tert-alkyl or cyclic N) is 1. The summed E-state index contributed by atoms with van der Waals surface area (Å²) in [6.07, 6.45) is 5.16. The molecule has 2 aromatic heterocycles. The fourth-order valence-corrected chi connectivity index (χ4v) is 3.55. The summed E-state index contributed by atoms with van der Waals surface area (Å²) in [6.45, 7) is 2.45. The van der Waals surface area contributed by atoms with Crippen molar-refractivity contribution in [2.75, 3.05) is 25.0 Å². The highest BCUT2D eigenvalue weighted by Gasteiger charge is 2.19. The molecular formula is C22H25N5O3. The second kappa shape index (κ2) is 9.06. The summed E-state index contributed by atoms with van der Waals surface area (Å²) >= 11 is 0. The minimum Gasteiger partial charge on any atom is -0.489 e. The Hall–Kier alpha value is -3.23. The average Bonchev–Trinajstić information content (AvgIpc) is 3.19. The number of benzene rings is 1. The Morgan fingerprint density at radius 3 is 2.90 bits per heavy atom. The van der Waals surface area contributed by atoms with Crippen molar-refractivity contribution < 1.29 is 14.6 Å². The molecule has 0 spiro atoms. The number of aliphatic hydroxyl groups excluding tert-OH is 1. The molecule has 8 nitrogen and oxygen atoms in total.